The van der Waals surface area contributed by atoms with Gasteiger partial charge in [-0.05, 0) is 39.3 Å². The summed E-state index contributed by atoms with van der Waals surface area (Å²) in [6, 6.07) is 6.26. The van der Waals surface area contributed by atoms with Gasteiger partial charge in [0.2, 0.25) is 0 Å². The Labute approximate surface area is 119 Å². The Balaban J connectivity index is 2.48. The van der Waals surface area contributed by atoms with Crippen molar-refractivity contribution in [3.05, 3.63) is 46.3 Å². The second-order valence-electron chi connectivity index (χ2n) is 5.10. The Kier molecular flexibility index (Phi) is 3.93. The molecule has 0 bridgehead atoms. The number of hydrogen-bond acceptors (Lipinski definition) is 3. The number of ether oxygens (including phenoxy) is 1. The van der Waals surface area contributed by atoms with E-state index >= 15 is 0 Å². The maximum absolute atomic E-state index is 11.5. The molecule has 4 heteroatoms. The number of aromatic nitrogens is 2. The van der Waals surface area contributed by atoms with Gasteiger partial charge in [-0.25, -0.2) is 4.68 Å². The van der Waals surface area contributed by atoms with Crippen LogP contribution in [0.3, 0.4) is 0 Å². The minimum Gasteiger partial charge on any atom is -0.469 e. The van der Waals surface area contributed by atoms with E-state index in [-0.39, 0.29) is 12.4 Å². The van der Waals surface area contributed by atoms with Crippen molar-refractivity contribution >= 4 is 5.97 Å². The summed E-state index contributed by atoms with van der Waals surface area (Å²) in [6.45, 7) is 8.04. The molecular weight excluding hydrogens is 252 g/mol. The van der Waals surface area contributed by atoms with Gasteiger partial charge in [0.1, 0.15) is 0 Å². The van der Waals surface area contributed by atoms with Gasteiger partial charge in [-0.3, -0.25) is 4.79 Å². The molecule has 2 aromatic rings. The van der Waals surface area contributed by atoms with E-state index in [1.807, 2.05) is 18.5 Å². The van der Waals surface area contributed by atoms with Gasteiger partial charge in [-0.2, -0.15) is 5.10 Å². The molecule has 0 aliphatic heterocycles. The zero-order valence-corrected chi connectivity index (χ0v) is 12.7. The summed E-state index contributed by atoms with van der Waals surface area (Å²) in [7, 11) is 1.40. The van der Waals surface area contributed by atoms with Gasteiger partial charge in [-0.1, -0.05) is 17.7 Å². The van der Waals surface area contributed by atoms with Crippen LogP contribution in [-0.4, -0.2) is 22.9 Å². The van der Waals surface area contributed by atoms with E-state index in [0.717, 1.165) is 22.6 Å². The number of methoxy groups -OCH3 is 1. The molecule has 0 spiro atoms. The molecule has 1 heterocycles. The lowest BCUT2D eigenvalue weighted by molar-refractivity contribution is -0.139. The van der Waals surface area contributed by atoms with Crippen LogP contribution in [0.4, 0.5) is 0 Å². The van der Waals surface area contributed by atoms with Crippen molar-refractivity contribution in [3.63, 3.8) is 0 Å². The van der Waals surface area contributed by atoms with Crippen LogP contribution in [0.15, 0.2) is 18.2 Å². The molecule has 0 fully saturated rings. The molecule has 2 rings (SSSR count). The lowest BCUT2D eigenvalue weighted by Crippen LogP contribution is -2.07. The molecule has 20 heavy (non-hydrogen) atoms. The number of benzene rings is 1. The van der Waals surface area contributed by atoms with E-state index in [1.165, 1.54) is 18.2 Å². The molecule has 1 aromatic carbocycles. The molecule has 106 valence electrons. The summed E-state index contributed by atoms with van der Waals surface area (Å²) in [6.07, 6.45) is 0.263. The van der Waals surface area contributed by atoms with E-state index in [2.05, 4.69) is 37.1 Å². The maximum atomic E-state index is 11.5. The van der Waals surface area contributed by atoms with E-state index in [4.69, 9.17) is 4.74 Å². The topological polar surface area (TPSA) is 44.1 Å². The van der Waals surface area contributed by atoms with Crippen LogP contribution in [-0.2, 0) is 16.0 Å². The van der Waals surface area contributed by atoms with Crippen LogP contribution in [0.25, 0.3) is 5.69 Å². The molecule has 0 atom stereocenters. The summed E-state index contributed by atoms with van der Waals surface area (Å²) in [5, 5.41) is 4.57. The highest BCUT2D eigenvalue weighted by Crippen LogP contribution is 2.21. The van der Waals surface area contributed by atoms with Crippen molar-refractivity contribution in [1.29, 1.82) is 0 Å². The zero-order chi connectivity index (χ0) is 14.9. The van der Waals surface area contributed by atoms with Gasteiger partial charge < -0.3 is 4.74 Å². The second kappa shape index (κ2) is 5.49. The fourth-order valence-electron chi connectivity index (χ4n) is 2.42. The molecule has 0 aliphatic carbocycles. The van der Waals surface area contributed by atoms with E-state index in [1.54, 1.807) is 0 Å². The Morgan fingerprint density at radius 1 is 1.25 bits per heavy atom. The predicted octanol–water partition coefficient (Wildman–Crippen LogP) is 2.82. The third kappa shape index (κ3) is 2.59. The second-order valence-corrected chi connectivity index (χ2v) is 5.10. The average molecular weight is 272 g/mol. The van der Waals surface area contributed by atoms with Crippen molar-refractivity contribution in [3.8, 4) is 5.69 Å². The molecule has 0 radical (unpaired) electrons. The van der Waals surface area contributed by atoms with Crippen molar-refractivity contribution in [2.24, 2.45) is 0 Å². The first-order chi connectivity index (χ1) is 9.43. The van der Waals surface area contributed by atoms with Crippen molar-refractivity contribution in [2.75, 3.05) is 7.11 Å². The highest BCUT2D eigenvalue weighted by Gasteiger charge is 2.16. The van der Waals surface area contributed by atoms with Gasteiger partial charge in [0, 0.05) is 11.3 Å². The number of carbonyl (C=O) groups is 1. The highest BCUT2D eigenvalue weighted by atomic mass is 16.5. The molecule has 0 saturated carbocycles. The Morgan fingerprint density at radius 3 is 2.55 bits per heavy atom. The minimum absolute atomic E-state index is 0.239. The van der Waals surface area contributed by atoms with Crippen LogP contribution in [0.5, 0.6) is 0 Å². The summed E-state index contributed by atoms with van der Waals surface area (Å²) in [5.41, 5.74) is 6.24. The molecular formula is C16H20N2O2. The molecule has 4 nitrogen and oxygen atoms in total. The smallest absolute Gasteiger partial charge is 0.310 e. The van der Waals surface area contributed by atoms with Crippen molar-refractivity contribution < 1.29 is 9.53 Å². The van der Waals surface area contributed by atoms with E-state index in [0.29, 0.717) is 0 Å². The van der Waals surface area contributed by atoms with E-state index in [9.17, 15) is 4.79 Å². The van der Waals surface area contributed by atoms with Crippen LogP contribution in [0.2, 0.25) is 0 Å². The van der Waals surface area contributed by atoms with Crippen molar-refractivity contribution in [2.45, 2.75) is 34.1 Å². The summed E-state index contributed by atoms with van der Waals surface area (Å²) in [4.78, 5) is 11.5. The highest BCUT2D eigenvalue weighted by molar-refractivity contribution is 5.73. The van der Waals surface area contributed by atoms with Crippen LogP contribution >= 0.6 is 0 Å². The summed E-state index contributed by atoms with van der Waals surface area (Å²) < 4.78 is 6.65. The van der Waals surface area contributed by atoms with Crippen molar-refractivity contribution in [1.82, 2.24) is 9.78 Å². The number of nitrogens with zero attached hydrogens (tertiary/aromatic N) is 2. The number of aryl methyl sites for hydroxylation is 3. The molecule has 0 amide bonds. The van der Waals surface area contributed by atoms with Crippen LogP contribution in [0, 0.1) is 27.7 Å². The Hall–Kier alpha value is -2.10. The van der Waals surface area contributed by atoms with Gasteiger partial charge in [0.05, 0.1) is 24.9 Å². The minimum atomic E-state index is -0.239. The lowest BCUT2D eigenvalue weighted by atomic mass is 10.1. The third-order valence-electron chi connectivity index (χ3n) is 3.57. The molecule has 0 aliphatic rings. The Bertz CT molecular complexity index is 657. The predicted molar refractivity (Wildman–Crippen MR) is 78.2 cm³/mol. The number of hydrogen-bond donors (Lipinski definition) is 0. The number of carbonyl (C=O) groups excluding carboxylic acids is 1. The first-order valence-electron chi connectivity index (χ1n) is 6.63. The molecule has 0 unspecified atom stereocenters. The zero-order valence-electron chi connectivity index (χ0n) is 12.7. The lowest BCUT2D eigenvalue weighted by Gasteiger charge is -2.09. The van der Waals surface area contributed by atoms with Gasteiger partial charge in [-0.15, -0.1) is 0 Å². The fraction of sp³-hybridized carbons (Fsp3) is 0.375. The standard InChI is InChI=1S/C16H20N2O2/c1-10-6-7-15(11(2)8-10)18-13(4)14(12(3)17-18)9-16(19)20-5/h6-8H,9H2,1-5H3. The molecule has 1 aromatic heterocycles. The summed E-state index contributed by atoms with van der Waals surface area (Å²) >= 11 is 0. The van der Waals surface area contributed by atoms with E-state index < -0.39 is 0 Å². The van der Waals surface area contributed by atoms with Crippen LogP contribution < -0.4 is 0 Å². The number of esters is 1. The SMILES string of the molecule is COC(=O)Cc1c(C)nn(-c2ccc(C)cc2C)c1C. The Morgan fingerprint density at radius 2 is 1.95 bits per heavy atom. The summed E-state index contributed by atoms with van der Waals surface area (Å²) in [5.74, 6) is -0.239. The normalized spacial score (nSPS) is 10.7. The maximum Gasteiger partial charge on any atom is 0.310 e. The quantitative estimate of drug-likeness (QED) is 0.807. The molecule has 0 saturated heterocycles. The fourth-order valence-corrected chi connectivity index (χ4v) is 2.42. The largest absolute Gasteiger partial charge is 0.469 e. The first kappa shape index (κ1) is 14.3. The van der Waals surface area contributed by atoms with Gasteiger partial charge in [0.15, 0.2) is 0 Å². The first-order valence-corrected chi connectivity index (χ1v) is 6.63. The molecule has 0 N–H and O–H groups in total. The van der Waals surface area contributed by atoms with Crippen LogP contribution in [0.1, 0.15) is 28.1 Å². The van der Waals surface area contributed by atoms with Gasteiger partial charge in [0.25, 0.3) is 0 Å². The average Bonchev–Trinajstić information content (AvgIpc) is 2.66. The third-order valence-corrected chi connectivity index (χ3v) is 3.57. The van der Waals surface area contributed by atoms with Gasteiger partial charge >= 0.3 is 5.97 Å². The number of rotatable bonds is 3. The monoisotopic (exact) mass is 272 g/mol.